The molecule has 0 saturated carbocycles. The van der Waals surface area contributed by atoms with E-state index in [0.29, 0.717) is 0 Å². The van der Waals surface area contributed by atoms with Gasteiger partial charge < -0.3 is 4.90 Å². The van der Waals surface area contributed by atoms with Crippen LogP contribution in [0.25, 0.3) is 0 Å². The molecular formula is C11H17N2. The molecule has 3 rings (SSSR count). The third-order valence-electron chi connectivity index (χ3n) is 3.75. The van der Waals surface area contributed by atoms with Gasteiger partial charge in [-0.15, -0.1) is 0 Å². The minimum absolute atomic E-state index is 0.824. The summed E-state index contributed by atoms with van der Waals surface area (Å²) in [6, 6.07) is 0.824. The summed E-state index contributed by atoms with van der Waals surface area (Å²) >= 11 is 0. The van der Waals surface area contributed by atoms with Crippen LogP contribution in [0.5, 0.6) is 0 Å². The quantitative estimate of drug-likeness (QED) is 0.544. The molecule has 0 aromatic rings. The zero-order valence-electron chi connectivity index (χ0n) is 8.02. The highest BCUT2D eigenvalue weighted by Gasteiger charge is 2.37. The van der Waals surface area contributed by atoms with Gasteiger partial charge in [-0.1, -0.05) is 6.08 Å². The van der Waals surface area contributed by atoms with Gasteiger partial charge in [0.1, 0.15) is 0 Å². The number of hydrogen-bond donors (Lipinski definition) is 0. The molecule has 3 aliphatic heterocycles. The zero-order chi connectivity index (χ0) is 8.67. The van der Waals surface area contributed by atoms with Crippen molar-refractivity contribution in [3.63, 3.8) is 0 Å². The van der Waals surface area contributed by atoms with Crippen LogP contribution in [0.15, 0.2) is 12.3 Å². The fourth-order valence-corrected chi connectivity index (χ4v) is 3.17. The summed E-state index contributed by atoms with van der Waals surface area (Å²) in [5.74, 6) is 1.73. The molecule has 2 heteroatoms. The smallest absolute Gasteiger partial charge is 0.0328 e. The lowest BCUT2D eigenvalue weighted by Crippen LogP contribution is -2.53. The third-order valence-corrected chi connectivity index (χ3v) is 3.75. The van der Waals surface area contributed by atoms with Gasteiger partial charge in [0, 0.05) is 25.7 Å². The molecule has 0 aromatic carbocycles. The van der Waals surface area contributed by atoms with Gasteiger partial charge in [0.2, 0.25) is 0 Å². The van der Waals surface area contributed by atoms with Gasteiger partial charge in [-0.3, -0.25) is 0 Å². The Hall–Kier alpha value is -0.500. The van der Waals surface area contributed by atoms with Gasteiger partial charge in [0.25, 0.3) is 0 Å². The van der Waals surface area contributed by atoms with E-state index in [4.69, 9.17) is 0 Å². The summed E-state index contributed by atoms with van der Waals surface area (Å²) < 4.78 is 0. The Morgan fingerprint density at radius 1 is 1.31 bits per heavy atom. The number of piperidine rings is 2. The first kappa shape index (κ1) is 7.86. The predicted octanol–water partition coefficient (Wildman–Crippen LogP) is 1.22. The second kappa shape index (κ2) is 3.02. The Balaban J connectivity index is 1.83. The van der Waals surface area contributed by atoms with Gasteiger partial charge in [0.15, 0.2) is 0 Å². The topological polar surface area (TPSA) is 17.3 Å². The lowest BCUT2D eigenvalue weighted by molar-refractivity contribution is 0.0588. The lowest BCUT2D eigenvalue weighted by atomic mass is 9.78. The molecular weight excluding hydrogens is 160 g/mol. The van der Waals surface area contributed by atoms with Crippen molar-refractivity contribution in [3.05, 3.63) is 12.3 Å². The standard InChI is InChI=1S/C11H17N2/c1-2-4-13-8-9-5-10(7-12-6-9)11(13)3-1/h2,4,9-11H,1,3,5-8H2. The second-order valence-electron chi connectivity index (χ2n) is 4.68. The van der Waals surface area contributed by atoms with Crippen molar-refractivity contribution in [2.45, 2.75) is 25.3 Å². The van der Waals surface area contributed by atoms with Crippen molar-refractivity contribution in [2.24, 2.45) is 11.8 Å². The Labute approximate surface area is 80.0 Å². The summed E-state index contributed by atoms with van der Waals surface area (Å²) in [5.41, 5.74) is 0. The van der Waals surface area contributed by atoms with Crippen LogP contribution in [-0.2, 0) is 0 Å². The zero-order valence-corrected chi connectivity index (χ0v) is 8.02. The molecule has 3 atom stereocenters. The van der Waals surface area contributed by atoms with E-state index in [0.717, 1.165) is 31.0 Å². The Morgan fingerprint density at radius 2 is 2.31 bits per heavy atom. The molecule has 2 bridgehead atoms. The van der Waals surface area contributed by atoms with E-state index < -0.39 is 0 Å². The number of nitrogens with zero attached hydrogens (tertiary/aromatic N) is 2. The molecule has 0 amide bonds. The highest BCUT2D eigenvalue weighted by Crippen LogP contribution is 2.34. The number of fused-ring (bicyclic) bond motifs is 4. The molecule has 0 aromatic heterocycles. The van der Waals surface area contributed by atoms with Crippen molar-refractivity contribution >= 4 is 0 Å². The molecule has 0 aliphatic carbocycles. The average Bonchev–Trinajstić information content (AvgIpc) is 2.18. The van der Waals surface area contributed by atoms with Gasteiger partial charge in [-0.2, -0.15) is 0 Å². The summed E-state index contributed by atoms with van der Waals surface area (Å²) in [6.07, 6.45) is 8.75. The summed E-state index contributed by atoms with van der Waals surface area (Å²) in [4.78, 5) is 2.58. The maximum absolute atomic E-state index is 4.60. The van der Waals surface area contributed by atoms with Crippen LogP contribution >= 0.6 is 0 Å². The number of rotatable bonds is 0. The van der Waals surface area contributed by atoms with Gasteiger partial charge in [-0.25, -0.2) is 5.32 Å². The molecule has 2 saturated heterocycles. The SMILES string of the molecule is C1=CN2CC3C[N]CC(C3)C2CC1. The molecule has 71 valence electrons. The van der Waals surface area contributed by atoms with Crippen LogP contribution in [0.3, 0.4) is 0 Å². The van der Waals surface area contributed by atoms with E-state index in [2.05, 4.69) is 22.5 Å². The van der Waals surface area contributed by atoms with Gasteiger partial charge in [0.05, 0.1) is 0 Å². The van der Waals surface area contributed by atoms with E-state index in [9.17, 15) is 0 Å². The van der Waals surface area contributed by atoms with E-state index in [1.165, 1.54) is 25.8 Å². The van der Waals surface area contributed by atoms with Crippen LogP contribution in [0, 0.1) is 11.8 Å². The Morgan fingerprint density at radius 3 is 3.31 bits per heavy atom. The molecule has 3 aliphatic rings. The van der Waals surface area contributed by atoms with Crippen LogP contribution in [0.1, 0.15) is 19.3 Å². The fourth-order valence-electron chi connectivity index (χ4n) is 3.17. The number of allylic oxidation sites excluding steroid dienone is 1. The Bertz CT molecular complexity index is 224. The first-order valence-electron chi connectivity index (χ1n) is 5.49. The number of hydrogen-bond acceptors (Lipinski definition) is 1. The Kier molecular flexibility index (Phi) is 1.82. The highest BCUT2D eigenvalue weighted by molar-refractivity contribution is 5.01. The van der Waals surface area contributed by atoms with Gasteiger partial charge in [-0.05, 0) is 37.3 Å². The second-order valence-corrected chi connectivity index (χ2v) is 4.68. The first-order valence-corrected chi connectivity index (χ1v) is 5.49. The van der Waals surface area contributed by atoms with Crippen molar-refractivity contribution in [3.8, 4) is 0 Å². The van der Waals surface area contributed by atoms with Crippen molar-refractivity contribution < 1.29 is 0 Å². The predicted molar refractivity (Wildman–Crippen MR) is 52.3 cm³/mol. The summed E-state index contributed by atoms with van der Waals surface area (Å²) in [5, 5.41) is 4.60. The van der Waals surface area contributed by atoms with Crippen LogP contribution in [-0.4, -0.2) is 30.6 Å². The molecule has 3 unspecified atom stereocenters. The third kappa shape index (κ3) is 1.28. The molecule has 0 spiro atoms. The van der Waals surface area contributed by atoms with Crippen molar-refractivity contribution in [2.75, 3.05) is 19.6 Å². The van der Waals surface area contributed by atoms with Crippen LogP contribution < -0.4 is 5.32 Å². The molecule has 3 heterocycles. The lowest BCUT2D eigenvalue weighted by Gasteiger charge is -2.48. The molecule has 2 fully saturated rings. The van der Waals surface area contributed by atoms with E-state index in [1.807, 2.05) is 0 Å². The minimum Gasteiger partial charge on any atom is -0.374 e. The highest BCUT2D eigenvalue weighted by atomic mass is 15.2. The van der Waals surface area contributed by atoms with Crippen molar-refractivity contribution in [1.29, 1.82) is 0 Å². The monoisotopic (exact) mass is 177 g/mol. The molecule has 2 nitrogen and oxygen atoms in total. The van der Waals surface area contributed by atoms with Crippen LogP contribution in [0.4, 0.5) is 0 Å². The van der Waals surface area contributed by atoms with Crippen LogP contribution in [0.2, 0.25) is 0 Å². The maximum atomic E-state index is 4.60. The maximum Gasteiger partial charge on any atom is 0.0328 e. The first-order chi connectivity index (χ1) is 6.43. The molecule has 0 N–H and O–H groups in total. The summed E-state index contributed by atoms with van der Waals surface area (Å²) in [7, 11) is 0. The largest absolute Gasteiger partial charge is 0.374 e. The van der Waals surface area contributed by atoms with E-state index >= 15 is 0 Å². The van der Waals surface area contributed by atoms with Gasteiger partial charge >= 0.3 is 0 Å². The van der Waals surface area contributed by atoms with E-state index in [1.54, 1.807) is 0 Å². The average molecular weight is 177 g/mol. The summed E-state index contributed by atoms with van der Waals surface area (Å²) in [6.45, 7) is 3.51. The van der Waals surface area contributed by atoms with E-state index in [-0.39, 0.29) is 0 Å². The molecule has 13 heavy (non-hydrogen) atoms. The minimum atomic E-state index is 0.824. The fraction of sp³-hybridized carbons (Fsp3) is 0.818. The van der Waals surface area contributed by atoms with Crippen molar-refractivity contribution in [1.82, 2.24) is 10.2 Å². The molecule has 1 radical (unpaired) electrons. The normalized spacial score (nSPS) is 43.1.